The Morgan fingerprint density at radius 1 is 0.724 bits per heavy atom. The standard InChI is InChI=1S/C16H11ClN2O8S2/c17-8-5-11(16(21)14(6-8)29(25,26)27)18-19-12-7-13(28(22,23)24)9-3-1-2-4-10(9)15(12)20/h1-7,20-21H,(H,22,23,24)(H,25,26,27). The van der Waals surface area contributed by atoms with Crippen molar-refractivity contribution in [2.45, 2.75) is 9.79 Å². The Hall–Kier alpha value is -2.77. The highest BCUT2D eigenvalue weighted by atomic mass is 35.5. The van der Waals surface area contributed by atoms with E-state index in [2.05, 4.69) is 10.2 Å². The lowest BCUT2D eigenvalue weighted by Gasteiger charge is -2.08. The summed E-state index contributed by atoms with van der Waals surface area (Å²) in [5.74, 6) is -1.44. The minimum Gasteiger partial charge on any atom is -0.505 e. The summed E-state index contributed by atoms with van der Waals surface area (Å²) in [5.41, 5.74) is -0.879. The van der Waals surface area contributed by atoms with Crippen LogP contribution in [0.15, 0.2) is 62.5 Å². The van der Waals surface area contributed by atoms with Gasteiger partial charge in [0.1, 0.15) is 21.2 Å². The fourth-order valence-electron chi connectivity index (χ4n) is 2.54. The van der Waals surface area contributed by atoms with Gasteiger partial charge in [0.15, 0.2) is 11.5 Å². The predicted octanol–water partition coefficient (Wildman–Crippen LogP) is 3.81. The van der Waals surface area contributed by atoms with Gasteiger partial charge in [-0.15, -0.1) is 10.2 Å². The molecule has 0 saturated carbocycles. The minimum absolute atomic E-state index is 0.0331. The topological polar surface area (TPSA) is 174 Å². The molecular formula is C16H11ClN2O8S2. The van der Waals surface area contributed by atoms with Gasteiger partial charge in [0, 0.05) is 15.8 Å². The van der Waals surface area contributed by atoms with Crippen LogP contribution in [0.2, 0.25) is 5.02 Å². The Balaban J connectivity index is 2.23. The maximum Gasteiger partial charge on any atom is 0.298 e. The van der Waals surface area contributed by atoms with Crippen LogP contribution in [0.1, 0.15) is 0 Å². The van der Waals surface area contributed by atoms with Gasteiger partial charge in [-0.25, -0.2) is 0 Å². The summed E-state index contributed by atoms with van der Waals surface area (Å²) in [4.78, 5) is -1.46. The van der Waals surface area contributed by atoms with Crippen LogP contribution in [-0.4, -0.2) is 36.2 Å². The van der Waals surface area contributed by atoms with Crippen LogP contribution in [0.4, 0.5) is 11.4 Å². The van der Waals surface area contributed by atoms with E-state index in [0.717, 1.165) is 18.2 Å². The Bertz CT molecular complexity index is 1390. The molecule has 0 spiro atoms. The highest BCUT2D eigenvalue weighted by molar-refractivity contribution is 7.86. The summed E-state index contributed by atoms with van der Waals surface area (Å²) < 4.78 is 64.6. The van der Waals surface area contributed by atoms with Crippen molar-refractivity contribution >= 4 is 54.0 Å². The van der Waals surface area contributed by atoms with Crippen molar-refractivity contribution in [2.24, 2.45) is 10.2 Å². The van der Waals surface area contributed by atoms with E-state index in [4.69, 9.17) is 16.2 Å². The van der Waals surface area contributed by atoms with Gasteiger partial charge in [-0.1, -0.05) is 35.9 Å². The molecule has 0 aliphatic rings. The average molecular weight is 459 g/mol. The van der Waals surface area contributed by atoms with Crippen molar-refractivity contribution in [3.8, 4) is 11.5 Å². The second-order valence-electron chi connectivity index (χ2n) is 5.71. The molecule has 0 aliphatic carbocycles. The number of fused-ring (bicyclic) bond motifs is 1. The summed E-state index contributed by atoms with van der Waals surface area (Å²) in [5, 5.41) is 27.5. The van der Waals surface area contributed by atoms with Crippen LogP contribution < -0.4 is 0 Å². The quantitative estimate of drug-likeness (QED) is 0.337. The Morgan fingerprint density at radius 2 is 1.24 bits per heavy atom. The number of aromatic hydroxyl groups is 2. The molecular weight excluding hydrogens is 448 g/mol. The number of phenols is 2. The molecule has 152 valence electrons. The Morgan fingerprint density at radius 3 is 1.79 bits per heavy atom. The van der Waals surface area contributed by atoms with Gasteiger partial charge in [-0.3, -0.25) is 9.11 Å². The van der Waals surface area contributed by atoms with Crippen molar-refractivity contribution < 1.29 is 36.2 Å². The maximum atomic E-state index is 11.7. The number of rotatable bonds is 4. The first-order chi connectivity index (χ1) is 13.4. The van der Waals surface area contributed by atoms with Gasteiger partial charge >= 0.3 is 0 Å². The second-order valence-corrected chi connectivity index (χ2v) is 8.93. The zero-order valence-corrected chi connectivity index (χ0v) is 16.4. The summed E-state index contributed by atoms with van der Waals surface area (Å²) in [6, 6.07) is 8.41. The van der Waals surface area contributed by atoms with E-state index in [-0.39, 0.29) is 15.8 Å². The molecule has 3 aromatic rings. The third kappa shape index (κ3) is 4.16. The molecule has 13 heteroatoms. The summed E-state index contributed by atoms with van der Waals surface area (Å²) in [7, 11) is -9.51. The molecule has 0 atom stereocenters. The lowest BCUT2D eigenvalue weighted by atomic mass is 10.1. The van der Waals surface area contributed by atoms with Crippen LogP contribution in [0.3, 0.4) is 0 Å². The Kier molecular flexibility index (Phi) is 5.23. The molecule has 0 radical (unpaired) electrons. The number of phenolic OH excluding ortho intramolecular Hbond substituents is 2. The average Bonchev–Trinajstić information content (AvgIpc) is 2.61. The minimum atomic E-state index is -4.82. The number of nitrogens with zero attached hydrogens (tertiary/aromatic N) is 2. The molecule has 0 fully saturated rings. The van der Waals surface area contributed by atoms with Crippen LogP contribution in [0, 0.1) is 0 Å². The molecule has 10 nitrogen and oxygen atoms in total. The number of benzene rings is 3. The molecule has 0 aliphatic heterocycles. The summed E-state index contributed by atoms with van der Waals surface area (Å²) in [6.45, 7) is 0. The van der Waals surface area contributed by atoms with E-state index < -0.39 is 52.9 Å². The first-order valence-electron chi connectivity index (χ1n) is 7.53. The number of azo groups is 1. The Labute approximate surface area is 169 Å². The number of halogens is 1. The molecule has 0 unspecified atom stereocenters. The summed E-state index contributed by atoms with van der Waals surface area (Å²) >= 11 is 5.75. The van der Waals surface area contributed by atoms with E-state index in [1.165, 1.54) is 24.3 Å². The van der Waals surface area contributed by atoms with E-state index in [9.17, 15) is 31.6 Å². The molecule has 0 saturated heterocycles. The SMILES string of the molecule is O=S(=O)(O)c1cc(Cl)cc(N=Nc2cc(S(=O)(=O)O)c3ccccc3c2O)c1O. The van der Waals surface area contributed by atoms with E-state index in [1.54, 1.807) is 0 Å². The van der Waals surface area contributed by atoms with Crippen molar-refractivity contribution in [3.05, 3.63) is 47.5 Å². The van der Waals surface area contributed by atoms with Gasteiger partial charge in [-0.05, 0) is 18.2 Å². The van der Waals surface area contributed by atoms with Crippen LogP contribution in [-0.2, 0) is 20.2 Å². The highest BCUT2D eigenvalue weighted by Gasteiger charge is 2.21. The molecule has 0 heterocycles. The van der Waals surface area contributed by atoms with Gasteiger partial charge in [0.05, 0.1) is 0 Å². The largest absolute Gasteiger partial charge is 0.505 e. The third-order valence-electron chi connectivity index (χ3n) is 3.80. The lowest BCUT2D eigenvalue weighted by Crippen LogP contribution is -1.99. The first kappa shape index (κ1) is 21.0. The maximum absolute atomic E-state index is 11.7. The van der Waals surface area contributed by atoms with Crippen LogP contribution >= 0.6 is 11.6 Å². The molecule has 0 bridgehead atoms. The van der Waals surface area contributed by atoms with E-state index >= 15 is 0 Å². The first-order valence-corrected chi connectivity index (χ1v) is 10.8. The lowest BCUT2D eigenvalue weighted by molar-refractivity contribution is 0.444. The number of hydrogen-bond acceptors (Lipinski definition) is 8. The fourth-order valence-corrected chi connectivity index (χ4v) is 4.16. The third-order valence-corrected chi connectivity index (χ3v) is 5.78. The van der Waals surface area contributed by atoms with Crippen molar-refractivity contribution in [1.82, 2.24) is 0 Å². The van der Waals surface area contributed by atoms with Gasteiger partial charge < -0.3 is 10.2 Å². The molecule has 3 rings (SSSR count). The monoisotopic (exact) mass is 458 g/mol. The molecule has 3 aromatic carbocycles. The summed E-state index contributed by atoms with van der Waals surface area (Å²) in [6.07, 6.45) is 0. The predicted molar refractivity (Wildman–Crippen MR) is 103 cm³/mol. The van der Waals surface area contributed by atoms with Gasteiger partial charge in [0.2, 0.25) is 0 Å². The molecule has 0 amide bonds. The van der Waals surface area contributed by atoms with Crippen molar-refractivity contribution in [2.75, 3.05) is 0 Å². The zero-order valence-electron chi connectivity index (χ0n) is 14.1. The van der Waals surface area contributed by atoms with Gasteiger partial charge in [-0.2, -0.15) is 16.8 Å². The van der Waals surface area contributed by atoms with E-state index in [1.807, 2.05) is 0 Å². The van der Waals surface area contributed by atoms with Crippen molar-refractivity contribution in [1.29, 1.82) is 0 Å². The van der Waals surface area contributed by atoms with Gasteiger partial charge in [0.25, 0.3) is 20.2 Å². The van der Waals surface area contributed by atoms with Crippen LogP contribution in [0.25, 0.3) is 10.8 Å². The zero-order chi connectivity index (χ0) is 21.6. The number of hydrogen-bond donors (Lipinski definition) is 4. The smallest absolute Gasteiger partial charge is 0.298 e. The second kappa shape index (κ2) is 7.24. The van der Waals surface area contributed by atoms with Crippen molar-refractivity contribution in [3.63, 3.8) is 0 Å². The fraction of sp³-hybridized carbons (Fsp3) is 0. The molecule has 0 aromatic heterocycles. The molecule has 4 N–H and O–H groups in total. The highest BCUT2D eigenvalue weighted by Crippen LogP contribution is 2.41. The normalized spacial score (nSPS) is 12.7. The van der Waals surface area contributed by atoms with E-state index in [0.29, 0.717) is 0 Å². The van der Waals surface area contributed by atoms with Crippen LogP contribution in [0.5, 0.6) is 11.5 Å². The molecule has 29 heavy (non-hydrogen) atoms.